The lowest BCUT2D eigenvalue weighted by atomic mass is 10.3. The van der Waals surface area contributed by atoms with Crippen LogP contribution >= 0.6 is 0 Å². The lowest BCUT2D eigenvalue weighted by molar-refractivity contribution is -0.145. The molecular formula is C8H9F2N3O2. The Hall–Kier alpha value is -1.89. The summed E-state index contributed by atoms with van der Waals surface area (Å²) in [6.45, 7) is -3.06. The SMILES string of the molecule is NC(=O)NN(OC(F)F)c1ccccc1. The number of nitrogens with one attached hydrogen (secondary N) is 1. The Morgan fingerprint density at radius 2 is 2.00 bits per heavy atom. The fourth-order valence-electron chi connectivity index (χ4n) is 0.895. The lowest BCUT2D eigenvalue weighted by Gasteiger charge is -2.21. The average molecular weight is 217 g/mol. The maximum absolute atomic E-state index is 12.0. The smallest absolute Gasteiger partial charge is 0.350 e. The zero-order chi connectivity index (χ0) is 11.3. The van der Waals surface area contributed by atoms with Gasteiger partial charge in [0, 0.05) is 0 Å². The number of primary amides is 1. The van der Waals surface area contributed by atoms with Crippen molar-refractivity contribution in [3.63, 3.8) is 0 Å². The van der Waals surface area contributed by atoms with Gasteiger partial charge in [0.05, 0.1) is 5.69 Å². The number of amides is 2. The quantitative estimate of drug-likeness (QED) is 0.745. The van der Waals surface area contributed by atoms with E-state index in [0.29, 0.717) is 5.17 Å². The average Bonchev–Trinajstić information content (AvgIpc) is 2.17. The largest absolute Gasteiger partial charge is 0.366 e. The summed E-state index contributed by atoms with van der Waals surface area (Å²) in [6, 6.07) is 6.82. The Morgan fingerprint density at radius 1 is 1.40 bits per heavy atom. The lowest BCUT2D eigenvalue weighted by Crippen LogP contribution is -2.46. The number of hydrogen-bond donors (Lipinski definition) is 2. The second kappa shape index (κ2) is 5.11. The Labute approximate surface area is 84.3 Å². The number of halogens is 2. The number of para-hydroxylation sites is 1. The van der Waals surface area contributed by atoms with Crippen LogP contribution in [0.15, 0.2) is 30.3 Å². The van der Waals surface area contributed by atoms with Crippen LogP contribution in [0.25, 0.3) is 0 Å². The van der Waals surface area contributed by atoms with E-state index in [1.165, 1.54) is 12.1 Å². The van der Waals surface area contributed by atoms with Crippen molar-refractivity contribution in [1.29, 1.82) is 0 Å². The minimum absolute atomic E-state index is 0.233. The summed E-state index contributed by atoms with van der Waals surface area (Å²) in [7, 11) is 0. The van der Waals surface area contributed by atoms with Crippen molar-refractivity contribution in [2.24, 2.45) is 5.73 Å². The van der Waals surface area contributed by atoms with Gasteiger partial charge in [0.15, 0.2) is 0 Å². The zero-order valence-corrected chi connectivity index (χ0v) is 7.56. The molecule has 1 rings (SSSR count). The highest BCUT2D eigenvalue weighted by Crippen LogP contribution is 2.13. The summed E-state index contributed by atoms with van der Waals surface area (Å²) < 4.78 is 23.9. The molecule has 0 radical (unpaired) electrons. The molecule has 0 aromatic heterocycles. The number of benzene rings is 1. The number of rotatable bonds is 4. The number of alkyl halides is 2. The minimum Gasteiger partial charge on any atom is -0.350 e. The summed E-state index contributed by atoms with van der Waals surface area (Å²) in [4.78, 5) is 14.5. The predicted octanol–water partition coefficient (Wildman–Crippen LogP) is 1.23. The first-order valence-electron chi connectivity index (χ1n) is 3.96. The van der Waals surface area contributed by atoms with Crippen molar-refractivity contribution < 1.29 is 18.4 Å². The van der Waals surface area contributed by atoms with Gasteiger partial charge in [-0.3, -0.25) is 0 Å². The van der Waals surface area contributed by atoms with Crippen LogP contribution in [0.1, 0.15) is 0 Å². The molecule has 0 unspecified atom stereocenters. The maximum Gasteiger partial charge on any atom is 0.366 e. The van der Waals surface area contributed by atoms with Crippen LogP contribution in [-0.2, 0) is 4.84 Å². The third-order valence-electron chi connectivity index (χ3n) is 1.39. The minimum atomic E-state index is -3.06. The predicted molar refractivity (Wildman–Crippen MR) is 48.7 cm³/mol. The molecule has 0 spiro atoms. The van der Waals surface area contributed by atoms with Crippen LogP contribution in [0, 0.1) is 0 Å². The van der Waals surface area contributed by atoms with Gasteiger partial charge < -0.3 is 5.73 Å². The van der Waals surface area contributed by atoms with E-state index >= 15 is 0 Å². The van der Waals surface area contributed by atoms with Crippen molar-refractivity contribution in [1.82, 2.24) is 5.43 Å². The first-order valence-corrected chi connectivity index (χ1v) is 3.96. The summed E-state index contributed by atoms with van der Waals surface area (Å²) in [6.07, 6.45) is 0. The summed E-state index contributed by atoms with van der Waals surface area (Å²) in [5, 5.41) is 0.507. The van der Waals surface area contributed by atoms with E-state index in [1.54, 1.807) is 18.2 Å². The standard InChI is InChI=1S/C8H9F2N3O2/c9-7(10)15-13(12-8(11)14)6-4-2-1-3-5-6/h1-5,7H,(H3,11,12,14). The van der Waals surface area contributed by atoms with Crippen LogP contribution in [0.3, 0.4) is 0 Å². The van der Waals surface area contributed by atoms with E-state index in [4.69, 9.17) is 5.73 Å². The van der Waals surface area contributed by atoms with Crippen molar-refractivity contribution in [3.8, 4) is 0 Å². The van der Waals surface area contributed by atoms with Crippen molar-refractivity contribution in [3.05, 3.63) is 30.3 Å². The first-order chi connectivity index (χ1) is 7.09. The Morgan fingerprint density at radius 3 is 2.47 bits per heavy atom. The van der Waals surface area contributed by atoms with Gasteiger partial charge in [-0.05, 0) is 12.1 Å². The van der Waals surface area contributed by atoms with Gasteiger partial charge in [-0.25, -0.2) is 10.2 Å². The molecular weight excluding hydrogens is 208 g/mol. The molecule has 2 amide bonds. The Bertz CT molecular complexity index is 321. The molecule has 0 aliphatic carbocycles. The van der Waals surface area contributed by atoms with Gasteiger partial charge in [-0.15, -0.1) is 0 Å². The van der Waals surface area contributed by atoms with Gasteiger partial charge in [-0.1, -0.05) is 18.2 Å². The van der Waals surface area contributed by atoms with Gasteiger partial charge in [-0.2, -0.15) is 18.8 Å². The van der Waals surface area contributed by atoms with E-state index in [-0.39, 0.29) is 5.69 Å². The molecule has 0 saturated carbocycles. The molecule has 0 atom stereocenters. The molecule has 5 nitrogen and oxygen atoms in total. The highest BCUT2D eigenvalue weighted by Gasteiger charge is 2.14. The van der Waals surface area contributed by atoms with Gasteiger partial charge >= 0.3 is 12.6 Å². The number of carbonyl (C=O) groups excluding carboxylic acids is 1. The van der Waals surface area contributed by atoms with Gasteiger partial charge in [0.1, 0.15) is 0 Å². The van der Waals surface area contributed by atoms with Crippen molar-refractivity contribution >= 4 is 11.7 Å². The van der Waals surface area contributed by atoms with E-state index < -0.39 is 12.6 Å². The molecule has 0 aliphatic heterocycles. The second-order valence-corrected chi connectivity index (χ2v) is 2.47. The van der Waals surface area contributed by atoms with Gasteiger partial charge in [0.2, 0.25) is 0 Å². The first kappa shape index (κ1) is 11.2. The fourth-order valence-corrected chi connectivity index (χ4v) is 0.895. The normalized spacial score (nSPS) is 10.1. The number of nitrogens with zero attached hydrogens (tertiary/aromatic N) is 1. The van der Waals surface area contributed by atoms with Crippen LogP contribution < -0.4 is 16.3 Å². The number of hydrogen-bond acceptors (Lipinski definition) is 3. The van der Waals surface area contributed by atoms with Crippen molar-refractivity contribution in [2.75, 3.05) is 5.17 Å². The van der Waals surface area contributed by atoms with E-state index in [2.05, 4.69) is 4.84 Å². The number of carbonyl (C=O) groups is 1. The molecule has 1 aromatic carbocycles. The summed E-state index contributed by atoms with van der Waals surface area (Å²) in [5.74, 6) is 0. The maximum atomic E-state index is 12.0. The molecule has 82 valence electrons. The molecule has 15 heavy (non-hydrogen) atoms. The number of nitrogens with two attached hydrogens (primary N) is 1. The van der Waals surface area contributed by atoms with E-state index in [1.807, 2.05) is 5.43 Å². The number of urea groups is 1. The highest BCUT2D eigenvalue weighted by atomic mass is 19.3. The van der Waals surface area contributed by atoms with Crippen LogP contribution in [0.4, 0.5) is 19.3 Å². The van der Waals surface area contributed by atoms with Crippen LogP contribution in [0.2, 0.25) is 0 Å². The molecule has 0 bridgehead atoms. The number of hydrazine groups is 1. The Kier molecular flexibility index (Phi) is 3.81. The zero-order valence-electron chi connectivity index (χ0n) is 7.56. The third-order valence-corrected chi connectivity index (χ3v) is 1.39. The molecule has 0 heterocycles. The van der Waals surface area contributed by atoms with E-state index in [0.717, 1.165) is 0 Å². The molecule has 0 aliphatic rings. The molecule has 7 heteroatoms. The monoisotopic (exact) mass is 217 g/mol. The Balaban J connectivity index is 2.76. The van der Waals surface area contributed by atoms with Crippen LogP contribution in [-0.4, -0.2) is 12.6 Å². The summed E-state index contributed by atoms with van der Waals surface area (Å²) in [5.41, 5.74) is 6.92. The topological polar surface area (TPSA) is 67.6 Å². The summed E-state index contributed by atoms with van der Waals surface area (Å²) >= 11 is 0. The number of anilines is 1. The molecule has 0 saturated heterocycles. The molecule has 3 N–H and O–H groups in total. The van der Waals surface area contributed by atoms with E-state index in [9.17, 15) is 13.6 Å². The highest BCUT2D eigenvalue weighted by molar-refractivity contribution is 5.73. The fraction of sp³-hybridized carbons (Fsp3) is 0.125. The molecule has 1 aromatic rings. The van der Waals surface area contributed by atoms with Crippen LogP contribution in [0.5, 0.6) is 0 Å². The third kappa shape index (κ3) is 3.77. The second-order valence-electron chi connectivity index (χ2n) is 2.47. The molecule has 0 fully saturated rings. The van der Waals surface area contributed by atoms with Gasteiger partial charge in [0.25, 0.3) is 0 Å². The van der Waals surface area contributed by atoms with Crippen molar-refractivity contribution in [2.45, 2.75) is 6.61 Å².